The van der Waals surface area contributed by atoms with Crippen LogP contribution >= 0.6 is 0 Å². The molecule has 1 saturated heterocycles. The first-order valence-electron chi connectivity index (χ1n) is 7.75. The molecule has 1 aromatic rings. The second-order valence-corrected chi connectivity index (χ2v) is 8.56. The zero-order chi connectivity index (χ0) is 16.3. The molecule has 0 spiro atoms. The third-order valence-electron chi connectivity index (χ3n) is 4.04. The minimum atomic E-state index is -2.81. The van der Waals surface area contributed by atoms with Gasteiger partial charge in [0.2, 0.25) is 0 Å². The average molecular weight is 328 g/mol. The Kier molecular flexibility index (Phi) is 5.26. The van der Waals surface area contributed by atoms with Crippen molar-refractivity contribution in [3.8, 4) is 0 Å². The van der Waals surface area contributed by atoms with Crippen molar-refractivity contribution in [1.29, 1.82) is 0 Å². The van der Waals surface area contributed by atoms with E-state index in [1.54, 1.807) is 6.92 Å². The normalized spacial score (nSPS) is 20.5. The van der Waals surface area contributed by atoms with E-state index in [-0.39, 0.29) is 17.7 Å². The molecule has 1 atom stereocenters. The lowest BCUT2D eigenvalue weighted by atomic mass is 10.0. The summed E-state index contributed by atoms with van der Waals surface area (Å²) in [6.45, 7) is 6.21. The summed E-state index contributed by atoms with van der Waals surface area (Å²) in [5.41, 5.74) is 1.13. The Morgan fingerprint density at radius 1 is 1.45 bits per heavy atom. The zero-order valence-corrected chi connectivity index (χ0v) is 14.2. The Morgan fingerprint density at radius 3 is 2.77 bits per heavy atom. The van der Waals surface area contributed by atoms with Crippen LogP contribution in [0.5, 0.6) is 0 Å². The summed E-state index contributed by atoms with van der Waals surface area (Å²) in [4.78, 5) is 12.2. The molecule has 1 aromatic heterocycles. The van der Waals surface area contributed by atoms with Crippen molar-refractivity contribution in [2.45, 2.75) is 46.0 Å². The molecule has 1 N–H and O–H groups in total. The van der Waals surface area contributed by atoms with Crippen molar-refractivity contribution in [1.82, 2.24) is 10.5 Å². The number of amides is 1. The largest absolute Gasteiger partial charge is 0.360 e. The van der Waals surface area contributed by atoms with Crippen LogP contribution in [0.3, 0.4) is 0 Å². The van der Waals surface area contributed by atoms with E-state index in [0.29, 0.717) is 35.1 Å². The Labute approximate surface area is 131 Å². The predicted molar refractivity (Wildman–Crippen MR) is 83.7 cm³/mol. The van der Waals surface area contributed by atoms with Gasteiger partial charge in [-0.1, -0.05) is 19.0 Å². The first-order valence-corrected chi connectivity index (χ1v) is 9.57. The fourth-order valence-corrected chi connectivity index (χ4v) is 4.75. The number of carbonyl (C=O) groups excluding carboxylic acids is 1. The maximum Gasteiger partial charge on any atom is 0.256 e. The van der Waals surface area contributed by atoms with Crippen LogP contribution in [0, 0.1) is 12.8 Å². The molecule has 0 radical (unpaired) electrons. The van der Waals surface area contributed by atoms with E-state index >= 15 is 0 Å². The second kappa shape index (κ2) is 6.81. The molecule has 1 amide bonds. The number of nitrogens with one attached hydrogen (secondary N) is 1. The predicted octanol–water partition coefficient (Wildman–Crippen LogP) is 2.05. The number of hydrogen-bond acceptors (Lipinski definition) is 5. The summed E-state index contributed by atoms with van der Waals surface area (Å²) in [6.07, 6.45) is 2.37. The van der Waals surface area contributed by atoms with Crippen LogP contribution in [-0.2, 0) is 9.84 Å². The third-order valence-corrected chi connectivity index (χ3v) is 5.88. The van der Waals surface area contributed by atoms with E-state index in [4.69, 9.17) is 4.52 Å². The standard InChI is InChI=1S/C15H24N2O4S/c1-10(2)14-13(11(3)17-21-14)15(18)16-7-4-5-12-6-8-22(19,20)9-12/h10,12H,4-9H2,1-3H3,(H,16,18). The molecule has 7 heteroatoms. The number of aryl methyl sites for hydroxylation is 1. The first-order chi connectivity index (χ1) is 10.3. The molecule has 1 fully saturated rings. The van der Waals surface area contributed by atoms with Gasteiger partial charge in [-0.3, -0.25) is 4.79 Å². The average Bonchev–Trinajstić information content (AvgIpc) is 2.97. The number of aromatic nitrogens is 1. The molecule has 1 aliphatic rings. The number of carbonyl (C=O) groups is 1. The van der Waals surface area contributed by atoms with Gasteiger partial charge < -0.3 is 9.84 Å². The lowest BCUT2D eigenvalue weighted by Crippen LogP contribution is -2.26. The number of sulfone groups is 1. The van der Waals surface area contributed by atoms with Gasteiger partial charge in [-0.15, -0.1) is 0 Å². The van der Waals surface area contributed by atoms with E-state index in [0.717, 1.165) is 19.3 Å². The number of hydrogen-bond donors (Lipinski definition) is 1. The lowest BCUT2D eigenvalue weighted by molar-refractivity contribution is 0.0949. The van der Waals surface area contributed by atoms with Crippen LogP contribution in [0.25, 0.3) is 0 Å². The molecular weight excluding hydrogens is 304 g/mol. The summed E-state index contributed by atoms with van der Waals surface area (Å²) in [7, 11) is -2.81. The van der Waals surface area contributed by atoms with Crippen molar-refractivity contribution in [2.24, 2.45) is 5.92 Å². The summed E-state index contributed by atoms with van der Waals surface area (Å²) in [5.74, 6) is 1.39. The molecular formula is C15H24N2O4S. The van der Waals surface area contributed by atoms with Crippen molar-refractivity contribution < 1.29 is 17.7 Å². The molecule has 0 saturated carbocycles. The Morgan fingerprint density at radius 2 is 2.18 bits per heavy atom. The molecule has 6 nitrogen and oxygen atoms in total. The number of nitrogens with zero attached hydrogens (tertiary/aromatic N) is 1. The fraction of sp³-hybridized carbons (Fsp3) is 0.733. The minimum absolute atomic E-state index is 0.102. The highest BCUT2D eigenvalue weighted by atomic mass is 32.2. The topological polar surface area (TPSA) is 89.3 Å². The quantitative estimate of drug-likeness (QED) is 0.807. The molecule has 1 aliphatic heterocycles. The molecule has 0 aromatic carbocycles. The van der Waals surface area contributed by atoms with Crippen LogP contribution < -0.4 is 5.32 Å². The zero-order valence-electron chi connectivity index (χ0n) is 13.4. The van der Waals surface area contributed by atoms with Crippen molar-refractivity contribution in [3.63, 3.8) is 0 Å². The van der Waals surface area contributed by atoms with Gasteiger partial charge in [-0.25, -0.2) is 8.42 Å². The highest BCUT2D eigenvalue weighted by molar-refractivity contribution is 7.91. The van der Waals surface area contributed by atoms with Gasteiger partial charge in [0.05, 0.1) is 17.2 Å². The molecule has 2 rings (SSSR count). The monoisotopic (exact) mass is 328 g/mol. The Hall–Kier alpha value is -1.37. The van der Waals surface area contributed by atoms with Crippen LogP contribution in [0.2, 0.25) is 0 Å². The summed E-state index contributed by atoms with van der Waals surface area (Å²) in [5, 5.41) is 6.74. The Balaban J connectivity index is 1.80. The van der Waals surface area contributed by atoms with E-state index in [9.17, 15) is 13.2 Å². The molecule has 1 unspecified atom stereocenters. The highest BCUT2D eigenvalue weighted by Crippen LogP contribution is 2.23. The summed E-state index contributed by atoms with van der Waals surface area (Å²) >= 11 is 0. The van der Waals surface area contributed by atoms with Crippen molar-refractivity contribution >= 4 is 15.7 Å². The summed E-state index contributed by atoms with van der Waals surface area (Å²) in [6, 6.07) is 0. The van der Waals surface area contributed by atoms with Gasteiger partial charge >= 0.3 is 0 Å². The number of rotatable bonds is 6. The molecule has 124 valence electrons. The van der Waals surface area contributed by atoms with Crippen LogP contribution in [0.15, 0.2) is 4.52 Å². The van der Waals surface area contributed by atoms with Crippen molar-refractivity contribution in [2.75, 3.05) is 18.1 Å². The van der Waals surface area contributed by atoms with Crippen LogP contribution in [-0.4, -0.2) is 37.5 Å². The summed E-state index contributed by atoms with van der Waals surface area (Å²) < 4.78 is 28.0. The molecule has 22 heavy (non-hydrogen) atoms. The van der Waals surface area contributed by atoms with Crippen LogP contribution in [0.1, 0.15) is 60.8 Å². The van der Waals surface area contributed by atoms with E-state index in [1.165, 1.54) is 0 Å². The third kappa shape index (κ3) is 4.09. The van der Waals surface area contributed by atoms with E-state index in [1.807, 2.05) is 13.8 Å². The van der Waals surface area contributed by atoms with Crippen molar-refractivity contribution in [3.05, 3.63) is 17.0 Å². The van der Waals surface area contributed by atoms with Gasteiger partial charge in [-0.2, -0.15) is 0 Å². The van der Waals surface area contributed by atoms with E-state index < -0.39 is 9.84 Å². The van der Waals surface area contributed by atoms with Crippen LogP contribution in [0.4, 0.5) is 0 Å². The SMILES string of the molecule is Cc1noc(C(C)C)c1C(=O)NCCCC1CCS(=O)(=O)C1. The maximum atomic E-state index is 12.2. The smallest absolute Gasteiger partial charge is 0.256 e. The van der Waals surface area contributed by atoms with Gasteiger partial charge in [0, 0.05) is 12.5 Å². The van der Waals surface area contributed by atoms with Gasteiger partial charge in [-0.05, 0) is 32.1 Å². The molecule has 0 bridgehead atoms. The maximum absolute atomic E-state index is 12.2. The highest BCUT2D eigenvalue weighted by Gasteiger charge is 2.27. The fourth-order valence-electron chi connectivity index (χ4n) is 2.84. The van der Waals surface area contributed by atoms with E-state index in [2.05, 4.69) is 10.5 Å². The van der Waals surface area contributed by atoms with Gasteiger partial charge in [0.15, 0.2) is 15.6 Å². The lowest BCUT2D eigenvalue weighted by Gasteiger charge is -2.09. The molecule has 2 heterocycles. The van der Waals surface area contributed by atoms with Gasteiger partial charge in [0.25, 0.3) is 5.91 Å². The van der Waals surface area contributed by atoms with Gasteiger partial charge in [0.1, 0.15) is 5.56 Å². The first kappa shape index (κ1) is 17.0. The molecule has 0 aliphatic carbocycles. The Bertz CT molecular complexity index is 634. The minimum Gasteiger partial charge on any atom is -0.360 e. The second-order valence-electron chi connectivity index (χ2n) is 6.33.